The van der Waals surface area contributed by atoms with Crippen LogP contribution in [0.4, 0.5) is 4.39 Å². The summed E-state index contributed by atoms with van der Waals surface area (Å²) in [4.78, 5) is 12.4. The van der Waals surface area contributed by atoms with E-state index in [0.717, 1.165) is 12.0 Å². The molecule has 0 saturated heterocycles. The lowest BCUT2D eigenvalue weighted by Gasteiger charge is -2.39. The number of hydrogen-bond donors (Lipinski definition) is 1. The predicted octanol–water partition coefficient (Wildman–Crippen LogP) is 4.10. The van der Waals surface area contributed by atoms with Crippen LogP contribution in [-0.4, -0.2) is 19.1 Å². The van der Waals surface area contributed by atoms with Crippen molar-refractivity contribution >= 4 is 5.91 Å². The number of benzene rings is 1. The van der Waals surface area contributed by atoms with Gasteiger partial charge in [0.25, 0.3) is 0 Å². The highest BCUT2D eigenvalue weighted by atomic mass is 19.1. The van der Waals surface area contributed by atoms with Crippen LogP contribution in [0.15, 0.2) is 18.2 Å². The van der Waals surface area contributed by atoms with Crippen molar-refractivity contribution in [2.24, 2.45) is 16.7 Å². The number of amides is 1. The number of fused-ring (bicyclic) bond motifs is 2. The predicted molar refractivity (Wildman–Crippen MR) is 92.4 cm³/mol. The molecule has 3 atom stereocenters. The molecule has 2 aliphatic rings. The Kier molecular flexibility index (Phi) is 4.35. The highest BCUT2D eigenvalue weighted by Gasteiger charge is 2.61. The topological polar surface area (TPSA) is 38.3 Å². The third-order valence-corrected chi connectivity index (χ3v) is 6.99. The minimum absolute atomic E-state index is 0.0702. The molecule has 0 aliphatic heterocycles. The number of halogens is 1. The fraction of sp³-hybridized carbons (Fsp3) is 0.650. The van der Waals surface area contributed by atoms with Crippen LogP contribution >= 0.6 is 0 Å². The first kappa shape index (κ1) is 17.2. The van der Waals surface area contributed by atoms with Crippen LogP contribution in [-0.2, 0) is 11.2 Å². The summed E-state index contributed by atoms with van der Waals surface area (Å²) in [5.41, 5.74) is 1.31. The van der Waals surface area contributed by atoms with E-state index in [4.69, 9.17) is 4.74 Å². The average molecular weight is 333 g/mol. The van der Waals surface area contributed by atoms with E-state index in [2.05, 4.69) is 26.1 Å². The molecule has 3 nitrogen and oxygen atoms in total. The Balaban J connectivity index is 1.56. The lowest BCUT2D eigenvalue weighted by molar-refractivity contribution is -0.122. The molecule has 0 heterocycles. The van der Waals surface area contributed by atoms with Gasteiger partial charge >= 0.3 is 0 Å². The molecule has 3 rings (SSSR count). The summed E-state index contributed by atoms with van der Waals surface area (Å²) in [5, 5.41) is 3.26. The number of carbonyl (C=O) groups excluding carboxylic acids is 1. The number of hydrogen-bond acceptors (Lipinski definition) is 2. The Labute approximate surface area is 144 Å². The zero-order chi connectivity index (χ0) is 17.5. The number of methoxy groups -OCH3 is 1. The molecule has 1 amide bonds. The lowest BCUT2D eigenvalue weighted by Crippen LogP contribution is -2.46. The molecule has 0 spiro atoms. The number of carbonyl (C=O) groups is 1. The molecular formula is C20H28FNO2. The molecule has 4 heteroatoms. The van der Waals surface area contributed by atoms with E-state index in [-0.39, 0.29) is 28.9 Å². The summed E-state index contributed by atoms with van der Waals surface area (Å²) in [6, 6.07) is 5.15. The normalized spacial score (nSPS) is 30.4. The van der Waals surface area contributed by atoms with E-state index in [1.807, 2.05) is 6.07 Å². The van der Waals surface area contributed by atoms with Gasteiger partial charge in [-0.2, -0.15) is 0 Å². The van der Waals surface area contributed by atoms with Crippen molar-refractivity contribution in [1.29, 1.82) is 0 Å². The molecule has 24 heavy (non-hydrogen) atoms. The van der Waals surface area contributed by atoms with Crippen molar-refractivity contribution in [3.63, 3.8) is 0 Å². The molecule has 1 aromatic carbocycles. The molecular weight excluding hydrogens is 305 g/mol. The van der Waals surface area contributed by atoms with Crippen LogP contribution < -0.4 is 10.1 Å². The average Bonchev–Trinajstić information content (AvgIpc) is 2.86. The second kappa shape index (κ2) is 6.05. The van der Waals surface area contributed by atoms with Gasteiger partial charge in [0.15, 0.2) is 11.6 Å². The Morgan fingerprint density at radius 2 is 2.12 bits per heavy atom. The smallest absolute Gasteiger partial charge is 0.220 e. The van der Waals surface area contributed by atoms with Crippen molar-refractivity contribution in [2.45, 2.75) is 58.9 Å². The Morgan fingerprint density at radius 3 is 2.67 bits per heavy atom. The maximum Gasteiger partial charge on any atom is 0.220 e. The van der Waals surface area contributed by atoms with Crippen molar-refractivity contribution < 1.29 is 13.9 Å². The highest BCUT2D eigenvalue weighted by Crippen LogP contribution is 2.65. The Morgan fingerprint density at radius 1 is 1.38 bits per heavy atom. The van der Waals surface area contributed by atoms with Crippen LogP contribution in [0, 0.1) is 22.6 Å². The molecule has 1 aromatic rings. The van der Waals surface area contributed by atoms with Crippen LogP contribution in [0.25, 0.3) is 0 Å². The summed E-state index contributed by atoms with van der Waals surface area (Å²) in [5.74, 6) is 0.641. The van der Waals surface area contributed by atoms with Gasteiger partial charge in [-0.3, -0.25) is 4.79 Å². The van der Waals surface area contributed by atoms with E-state index < -0.39 is 0 Å². The molecule has 2 saturated carbocycles. The van der Waals surface area contributed by atoms with Gasteiger partial charge < -0.3 is 10.1 Å². The fourth-order valence-corrected chi connectivity index (χ4v) is 4.81. The minimum atomic E-state index is -0.377. The highest BCUT2D eigenvalue weighted by molar-refractivity contribution is 5.76. The SMILES string of the molecule is COc1ccc(CCC(=O)NC2CC3CCC2(C)C3(C)C)cc1F. The first-order chi connectivity index (χ1) is 11.3. The molecule has 3 unspecified atom stereocenters. The summed E-state index contributed by atoms with van der Waals surface area (Å²) < 4.78 is 18.6. The van der Waals surface area contributed by atoms with E-state index in [1.165, 1.54) is 26.0 Å². The van der Waals surface area contributed by atoms with E-state index in [1.54, 1.807) is 6.07 Å². The zero-order valence-corrected chi connectivity index (χ0v) is 15.1. The van der Waals surface area contributed by atoms with Crippen LogP contribution in [0.3, 0.4) is 0 Å². The quantitative estimate of drug-likeness (QED) is 0.881. The van der Waals surface area contributed by atoms with E-state index in [9.17, 15) is 9.18 Å². The van der Waals surface area contributed by atoms with Crippen molar-refractivity contribution in [1.82, 2.24) is 5.32 Å². The summed E-state index contributed by atoms with van der Waals surface area (Å²) >= 11 is 0. The Bertz CT molecular complexity index is 643. The van der Waals surface area contributed by atoms with Crippen LogP contribution in [0.1, 0.15) is 52.0 Å². The van der Waals surface area contributed by atoms with Gasteiger partial charge in [0.05, 0.1) is 7.11 Å². The molecule has 2 aliphatic carbocycles. The van der Waals surface area contributed by atoms with Crippen LogP contribution in [0.5, 0.6) is 5.75 Å². The Hall–Kier alpha value is -1.58. The van der Waals surface area contributed by atoms with E-state index >= 15 is 0 Å². The summed E-state index contributed by atoms with van der Waals surface area (Å²) in [6.07, 6.45) is 4.50. The van der Waals surface area contributed by atoms with Gasteiger partial charge in [0.2, 0.25) is 5.91 Å². The maximum absolute atomic E-state index is 13.7. The number of aryl methyl sites for hydroxylation is 1. The molecule has 132 valence electrons. The van der Waals surface area contributed by atoms with Gasteiger partial charge in [-0.15, -0.1) is 0 Å². The van der Waals surface area contributed by atoms with Crippen molar-refractivity contribution in [2.75, 3.05) is 7.11 Å². The van der Waals surface area contributed by atoms with Gasteiger partial charge in [0.1, 0.15) is 0 Å². The number of rotatable bonds is 5. The molecule has 1 N–H and O–H groups in total. The largest absolute Gasteiger partial charge is 0.494 e. The van der Waals surface area contributed by atoms with Crippen LogP contribution in [0.2, 0.25) is 0 Å². The van der Waals surface area contributed by atoms with Gasteiger partial charge in [-0.25, -0.2) is 4.39 Å². The summed E-state index contributed by atoms with van der Waals surface area (Å²) in [7, 11) is 1.45. The van der Waals surface area contributed by atoms with Gasteiger partial charge in [0, 0.05) is 12.5 Å². The van der Waals surface area contributed by atoms with Gasteiger partial charge in [-0.05, 0) is 60.1 Å². The monoisotopic (exact) mass is 333 g/mol. The van der Waals surface area contributed by atoms with Crippen molar-refractivity contribution in [3.8, 4) is 5.75 Å². The zero-order valence-electron chi connectivity index (χ0n) is 15.1. The number of nitrogens with one attached hydrogen (secondary N) is 1. The first-order valence-corrected chi connectivity index (χ1v) is 8.89. The van der Waals surface area contributed by atoms with Crippen molar-refractivity contribution in [3.05, 3.63) is 29.6 Å². The third kappa shape index (κ3) is 2.70. The molecule has 0 radical (unpaired) electrons. The van der Waals surface area contributed by atoms with E-state index in [0.29, 0.717) is 24.2 Å². The second-order valence-corrected chi connectivity index (χ2v) is 8.20. The summed E-state index contributed by atoms with van der Waals surface area (Å²) in [6.45, 7) is 7.01. The standard InChI is InChI=1S/C20H28FNO2/c1-19(2)14-9-10-20(19,3)17(12-14)22-18(23)8-6-13-5-7-16(24-4)15(21)11-13/h5,7,11,14,17H,6,8-10,12H2,1-4H3,(H,22,23). The fourth-order valence-electron chi connectivity index (χ4n) is 4.81. The lowest BCUT2D eigenvalue weighted by atomic mass is 9.69. The number of ether oxygens (including phenoxy) is 1. The van der Waals surface area contributed by atoms with Gasteiger partial charge in [-0.1, -0.05) is 26.8 Å². The minimum Gasteiger partial charge on any atom is -0.494 e. The first-order valence-electron chi connectivity index (χ1n) is 8.89. The third-order valence-electron chi connectivity index (χ3n) is 6.99. The molecule has 0 aromatic heterocycles. The second-order valence-electron chi connectivity index (χ2n) is 8.20. The molecule has 2 fully saturated rings. The maximum atomic E-state index is 13.7. The molecule has 2 bridgehead atoms.